The van der Waals surface area contributed by atoms with E-state index in [4.69, 9.17) is 0 Å². The molecule has 2 heteroatoms. The number of hydrogen-bond donors (Lipinski definition) is 0. The lowest BCUT2D eigenvalue weighted by Gasteiger charge is -2.16. The zero-order chi connectivity index (χ0) is 7.98. The second-order valence-electron chi connectivity index (χ2n) is 1.79. The Kier molecular flexibility index (Phi) is 5.22. The van der Waals surface area contributed by atoms with Crippen LogP contribution in [0.4, 0.5) is 0 Å². The monoisotopic (exact) mass is 157 g/mol. The van der Waals surface area contributed by atoms with Gasteiger partial charge in [-0.05, 0) is 17.7 Å². The summed E-state index contributed by atoms with van der Waals surface area (Å²) < 4.78 is 0. The minimum atomic E-state index is 1.30. The predicted octanol–water partition coefficient (Wildman–Crippen LogP) is 3.02. The first-order valence-electron chi connectivity index (χ1n) is 3.52. The summed E-state index contributed by atoms with van der Waals surface area (Å²) in [5.41, 5.74) is 1.30. The van der Waals surface area contributed by atoms with Crippen molar-refractivity contribution in [3.05, 3.63) is 22.7 Å². The molecule has 1 rings (SSSR count). The molecule has 0 aromatic heterocycles. The van der Waals surface area contributed by atoms with Crippen LogP contribution >= 0.6 is 11.8 Å². The molecular weight excluding hydrogens is 142 g/mol. The molecule has 0 spiro atoms. The van der Waals surface area contributed by atoms with Crippen molar-refractivity contribution in [3.8, 4) is 0 Å². The maximum atomic E-state index is 2.12. The molecule has 10 heavy (non-hydrogen) atoms. The average Bonchev–Trinajstić information content (AvgIpc) is 2.00. The molecule has 1 heterocycles. The molecule has 0 aromatic rings. The van der Waals surface area contributed by atoms with Crippen LogP contribution in [0.2, 0.25) is 0 Å². The van der Waals surface area contributed by atoms with Crippen LogP contribution in [0.1, 0.15) is 20.8 Å². The molecule has 0 N–H and O–H groups in total. The van der Waals surface area contributed by atoms with Gasteiger partial charge in [-0.15, -0.1) is 11.8 Å². The smallest absolute Gasteiger partial charge is 0.0206 e. The highest BCUT2D eigenvalue weighted by molar-refractivity contribution is 8.04. The van der Waals surface area contributed by atoms with E-state index in [-0.39, 0.29) is 0 Å². The normalized spacial score (nSPS) is 15.6. The van der Waals surface area contributed by atoms with Crippen molar-refractivity contribution in [2.24, 2.45) is 0 Å². The van der Waals surface area contributed by atoms with E-state index in [1.807, 2.05) is 20.9 Å². The van der Waals surface area contributed by atoms with Crippen LogP contribution in [0.25, 0.3) is 0 Å². The number of hydrogen-bond acceptors (Lipinski definition) is 2. The van der Waals surface area contributed by atoms with E-state index in [0.717, 1.165) is 0 Å². The zero-order valence-corrected chi connectivity index (χ0v) is 7.90. The quantitative estimate of drug-likeness (QED) is 0.531. The van der Waals surface area contributed by atoms with E-state index < -0.39 is 0 Å². The Labute approximate surface area is 67.8 Å². The first kappa shape index (κ1) is 9.63. The van der Waals surface area contributed by atoms with Crippen LogP contribution in [-0.4, -0.2) is 11.9 Å². The van der Waals surface area contributed by atoms with Gasteiger partial charge in [0.2, 0.25) is 0 Å². The van der Waals surface area contributed by atoms with E-state index in [0.29, 0.717) is 0 Å². The zero-order valence-electron chi connectivity index (χ0n) is 7.09. The third kappa shape index (κ3) is 2.97. The fourth-order valence-corrected chi connectivity index (χ4v) is 1.16. The summed E-state index contributed by atoms with van der Waals surface area (Å²) in [7, 11) is 2.04. The van der Waals surface area contributed by atoms with Gasteiger partial charge in [-0.2, -0.15) is 0 Å². The van der Waals surface area contributed by atoms with Crippen molar-refractivity contribution < 1.29 is 0 Å². The van der Waals surface area contributed by atoms with E-state index >= 15 is 0 Å². The molecule has 1 aliphatic rings. The molecule has 0 bridgehead atoms. The van der Waals surface area contributed by atoms with Crippen molar-refractivity contribution in [3.63, 3.8) is 0 Å². The first-order valence-corrected chi connectivity index (χ1v) is 4.47. The topological polar surface area (TPSA) is 3.24 Å². The molecule has 0 amide bonds. The summed E-state index contributed by atoms with van der Waals surface area (Å²) >= 11 is 1.72. The third-order valence-corrected chi connectivity index (χ3v) is 1.91. The van der Waals surface area contributed by atoms with E-state index in [1.165, 1.54) is 5.70 Å². The van der Waals surface area contributed by atoms with E-state index in [1.54, 1.807) is 11.8 Å². The largest absolute Gasteiger partial charge is 0.354 e. The van der Waals surface area contributed by atoms with Crippen LogP contribution in [0, 0.1) is 0 Å². The van der Waals surface area contributed by atoms with Crippen molar-refractivity contribution >= 4 is 11.8 Å². The van der Waals surface area contributed by atoms with Crippen LogP contribution in [0.5, 0.6) is 0 Å². The fourth-order valence-electron chi connectivity index (χ4n) is 0.465. The highest BCUT2D eigenvalue weighted by atomic mass is 32.2. The van der Waals surface area contributed by atoms with Crippen LogP contribution in [0.3, 0.4) is 0 Å². The Morgan fingerprint density at radius 2 is 2.00 bits per heavy atom. The van der Waals surface area contributed by atoms with Gasteiger partial charge in [0, 0.05) is 18.9 Å². The molecule has 0 aliphatic carbocycles. The Balaban J connectivity index is 0.000000371. The van der Waals surface area contributed by atoms with Crippen LogP contribution in [-0.2, 0) is 0 Å². The van der Waals surface area contributed by atoms with Gasteiger partial charge in [-0.3, -0.25) is 0 Å². The van der Waals surface area contributed by atoms with Crippen molar-refractivity contribution in [2.45, 2.75) is 20.8 Å². The lowest BCUT2D eigenvalue weighted by Crippen LogP contribution is -2.07. The van der Waals surface area contributed by atoms with Crippen molar-refractivity contribution in [1.29, 1.82) is 0 Å². The van der Waals surface area contributed by atoms with Gasteiger partial charge in [0.1, 0.15) is 0 Å². The number of thioether (sulfide) groups is 1. The maximum absolute atomic E-state index is 2.12. The maximum Gasteiger partial charge on any atom is 0.0206 e. The molecule has 0 atom stereocenters. The van der Waals surface area contributed by atoms with Gasteiger partial charge in [-0.1, -0.05) is 13.8 Å². The standard InChI is InChI=1S/C6H9NS.C2H6/c1-6-5-8-4-3-7(6)2;1-2/h3-5H,1-2H3;1-2H3. The lowest BCUT2D eigenvalue weighted by molar-refractivity contribution is 0.571. The number of rotatable bonds is 0. The van der Waals surface area contributed by atoms with Gasteiger partial charge in [-0.25, -0.2) is 0 Å². The summed E-state index contributed by atoms with van der Waals surface area (Å²) in [5.74, 6) is 0. The average molecular weight is 157 g/mol. The Bertz CT molecular complexity index is 138. The van der Waals surface area contributed by atoms with Gasteiger partial charge in [0.15, 0.2) is 0 Å². The summed E-state index contributed by atoms with van der Waals surface area (Å²) in [4.78, 5) is 2.09. The third-order valence-electron chi connectivity index (χ3n) is 1.16. The molecule has 0 fully saturated rings. The summed E-state index contributed by atoms with van der Waals surface area (Å²) in [6.07, 6.45) is 2.06. The van der Waals surface area contributed by atoms with Gasteiger partial charge < -0.3 is 4.90 Å². The lowest BCUT2D eigenvalue weighted by atomic mass is 10.5. The summed E-state index contributed by atoms with van der Waals surface area (Å²) in [5, 5.41) is 4.19. The molecule has 0 unspecified atom stereocenters. The summed E-state index contributed by atoms with van der Waals surface area (Å²) in [6.45, 7) is 6.09. The SMILES string of the molecule is CC.CC1=CSC=CN1C. The molecule has 0 saturated heterocycles. The minimum Gasteiger partial charge on any atom is -0.354 e. The van der Waals surface area contributed by atoms with Crippen molar-refractivity contribution in [1.82, 2.24) is 4.90 Å². The molecule has 1 nitrogen and oxygen atoms in total. The molecule has 0 radical (unpaired) electrons. The van der Waals surface area contributed by atoms with E-state index in [2.05, 4.69) is 28.8 Å². The van der Waals surface area contributed by atoms with Gasteiger partial charge >= 0.3 is 0 Å². The van der Waals surface area contributed by atoms with Gasteiger partial charge in [0.25, 0.3) is 0 Å². The summed E-state index contributed by atoms with van der Waals surface area (Å²) in [6, 6.07) is 0. The molecule has 0 aromatic carbocycles. The fraction of sp³-hybridized carbons (Fsp3) is 0.500. The second-order valence-corrected chi connectivity index (χ2v) is 2.57. The second kappa shape index (κ2) is 5.42. The van der Waals surface area contributed by atoms with E-state index in [9.17, 15) is 0 Å². The molecule has 0 saturated carbocycles. The highest BCUT2D eigenvalue weighted by Crippen LogP contribution is 2.16. The number of nitrogens with zero attached hydrogens (tertiary/aromatic N) is 1. The minimum absolute atomic E-state index is 1.30. The molecule has 1 aliphatic heterocycles. The van der Waals surface area contributed by atoms with Crippen LogP contribution < -0.4 is 0 Å². The van der Waals surface area contributed by atoms with Crippen LogP contribution in [0.15, 0.2) is 22.7 Å². The Hall–Kier alpha value is -0.370. The molecule has 58 valence electrons. The molecular formula is C8H15NS. The Morgan fingerprint density at radius 1 is 1.40 bits per heavy atom. The first-order chi connectivity index (χ1) is 4.80. The predicted molar refractivity (Wildman–Crippen MR) is 49.6 cm³/mol. The van der Waals surface area contributed by atoms with Gasteiger partial charge in [0.05, 0.1) is 0 Å². The number of allylic oxidation sites excluding steroid dienone is 1. The Morgan fingerprint density at radius 3 is 2.30 bits per heavy atom. The van der Waals surface area contributed by atoms with Crippen molar-refractivity contribution in [2.75, 3.05) is 7.05 Å². The highest BCUT2D eigenvalue weighted by Gasteiger charge is 1.95.